The monoisotopic (exact) mass is 297 g/mol. The maximum Gasteiger partial charge on any atom is 0.277 e. The van der Waals surface area contributed by atoms with Crippen molar-refractivity contribution in [2.75, 3.05) is 5.32 Å². The van der Waals surface area contributed by atoms with E-state index in [-0.39, 0.29) is 16.6 Å². The molecule has 0 aliphatic carbocycles. The molecule has 2 rings (SSSR count). The number of rotatable bonds is 3. The molecular formula is C11H12ClN5OS. The van der Waals surface area contributed by atoms with Crippen molar-refractivity contribution in [3.63, 3.8) is 0 Å². The third-order valence-corrected chi connectivity index (χ3v) is 3.27. The van der Waals surface area contributed by atoms with Gasteiger partial charge < -0.3 is 0 Å². The van der Waals surface area contributed by atoms with Crippen molar-refractivity contribution < 1.29 is 4.79 Å². The fourth-order valence-electron chi connectivity index (χ4n) is 1.32. The lowest BCUT2D eigenvalue weighted by Crippen LogP contribution is -2.16. The maximum absolute atomic E-state index is 12.1. The number of halogens is 1. The standard InChI is InChI=1S/C11H12ClN5OS/c1-5(2)9-13-4-7(12)8(14-9)10(18)15-11-17-16-6(3)19-11/h4-5H,1-3H3,(H,15,17,18). The molecule has 0 saturated heterocycles. The van der Waals surface area contributed by atoms with Gasteiger partial charge in [0.25, 0.3) is 5.91 Å². The summed E-state index contributed by atoms with van der Waals surface area (Å²) in [7, 11) is 0. The second-order valence-electron chi connectivity index (χ2n) is 4.16. The topological polar surface area (TPSA) is 80.7 Å². The Bertz CT molecular complexity index is 613. The minimum Gasteiger partial charge on any atom is -0.295 e. The highest BCUT2D eigenvalue weighted by Gasteiger charge is 2.17. The van der Waals surface area contributed by atoms with Crippen LogP contribution in [0.1, 0.15) is 41.1 Å². The molecule has 2 aromatic rings. The maximum atomic E-state index is 12.1. The molecular weight excluding hydrogens is 286 g/mol. The SMILES string of the molecule is Cc1nnc(NC(=O)c2nc(C(C)C)ncc2Cl)s1. The van der Waals surface area contributed by atoms with Gasteiger partial charge in [0.05, 0.1) is 11.2 Å². The number of aromatic nitrogens is 4. The number of nitrogens with zero attached hydrogens (tertiary/aromatic N) is 4. The van der Waals surface area contributed by atoms with Gasteiger partial charge in [0.1, 0.15) is 10.8 Å². The Morgan fingerprint density at radius 3 is 2.74 bits per heavy atom. The van der Waals surface area contributed by atoms with E-state index in [2.05, 4.69) is 25.5 Å². The molecule has 0 atom stereocenters. The summed E-state index contributed by atoms with van der Waals surface area (Å²) in [5, 5.41) is 11.7. The normalized spacial score (nSPS) is 10.8. The molecule has 0 aliphatic rings. The smallest absolute Gasteiger partial charge is 0.277 e. The average Bonchev–Trinajstić information content (AvgIpc) is 2.74. The third kappa shape index (κ3) is 3.24. The number of anilines is 1. The van der Waals surface area contributed by atoms with Crippen LogP contribution in [0.5, 0.6) is 0 Å². The largest absolute Gasteiger partial charge is 0.295 e. The zero-order valence-corrected chi connectivity index (χ0v) is 12.2. The highest BCUT2D eigenvalue weighted by Crippen LogP contribution is 2.19. The van der Waals surface area contributed by atoms with E-state index in [0.29, 0.717) is 11.0 Å². The van der Waals surface area contributed by atoms with E-state index in [1.807, 2.05) is 20.8 Å². The number of carbonyl (C=O) groups excluding carboxylic acids is 1. The summed E-state index contributed by atoms with van der Waals surface area (Å²) in [6.07, 6.45) is 1.43. The van der Waals surface area contributed by atoms with Gasteiger partial charge in [-0.15, -0.1) is 10.2 Å². The lowest BCUT2D eigenvalue weighted by atomic mass is 10.2. The van der Waals surface area contributed by atoms with Crippen LogP contribution in [0.2, 0.25) is 5.02 Å². The van der Waals surface area contributed by atoms with Crippen molar-refractivity contribution in [1.29, 1.82) is 0 Å². The van der Waals surface area contributed by atoms with Gasteiger partial charge in [-0.05, 0) is 6.92 Å². The van der Waals surface area contributed by atoms with E-state index in [1.54, 1.807) is 0 Å². The van der Waals surface area contributed by atoms with E-state index in [4.69, 9.17) is 11.6 Å². The summed E-state index contributed by atoms with van der Waals surface area (Å²) < 4.78 is 0. The number of amides is 1. The number of hydrogen-bond acceptors (Lipinski definition) is 6. The Kier molecular flexibility index (Phi) is 4.06. The van der Waals surface area contributed by atoms with Gasteiger partial charge in [0, 0.05) is 5.92 Å². The average molecular weight is 298 g/mol. The van der Waals surface area contributed by atoms with E-state index in [9.17, 15) is 4.79 Å². The van der Waals surface area contributed by atoms with Gasteiger partial charge >= 0.3 is 0 Å². The van der Waals surface area contributed by atoms with Crippen LogP contribution in [0.4, 0.5) is 5.13 Å². The van der Waals surface area contributed by atoms with E-state index in [1.165, 1.54) is 17.5 Å². The van der Waals surface area contributed by atoms with Crippen molar-refractivity contribution >= 4 is 34.0 Å². The summed E-state index contributed by atoms with van der Waals surface area (Å²) >= 11 is 7.24. The molecule has 0 aliphatic heterocycles. The lowest BCUT2D eigenvalue weighted by Gasteiger charge is -2.07. The van der Waals surface area contributed by atoms with Crippen molar-refractivity contribution in [1.82, 2.24) is 20.2 Å². The van der Waals surface area contributed by atoms with Crippen LogP contribution in [0, 0.1) is 6.92 Å². The first-order valence-corrected chi connectivity index (χ1v) is 6.80. The molecule has 1 N–H and O–H groups in total. The van der Waals surface area contributed by atoms with Crippen molar-refractivity contribution in [2.24, 2.45) is 0 Å². The Labute approximate surface area is 119 Å². The molecule has 2 aromatic heterocycles. The summed E-state index contributed by atoms with van der Waals surface area (Å²) in [6, 6.07) is 0. The van der Waals surface area contributed by atoms with Gasteiger partial charge in [0.15, 0.2) is 5.69 Å². The molecule has 8 heteroatoms. The zero-order valence-electron chi connectivity index (χ0n) is 10.6. The first kappa shape index (κ1) is 13.8. The Morgan fingerprint density at radius 2 is 2.16 bits per heavy atom. The quantitative estimate of drug-likeness (QED) is 0.942. The summed E-state index contributed by atoms with van der Waals surface area (Å²) in [4.78, 5) is 20.3. The van der Waals surface area contributed by atoms with Crippen molar-refractivity contribution in [3.8, 4) is 0 Å². The predicted molar refractivity (Wildman–Crippen MR) is 73.7 cm³/mol. The second-order valence-corrected chi connectivity index (χ2v) is 5.75. The molecule has 19 heavy (non-hydrogen) atoms. The minimum absolute atomic E-state index is 0.118. The number of nitrogens with one attached hydrogen (secondary N) is 1. The molecule has 2 heterocycles. The second kappa shape index (κ2) is 5.58. The number of aryl methyl sites for hydroxylation is 1. The van der Waals surface area contributed by atoms with Gasteiger partial charge in [0.2, 0.25) is 5.13 Å². The molecule has 0 saturated carbocycles. The molecule has 6 nitrogen and oxygen atoms in total. The molecule has 0 bridgehead atoms. The molecule has 0 aromatic carbocycles. The number of hydrogen-bond donors (Lipinski definition) is 1. The zero-order chi connectivity index (χ0) is 14.0. The molecule has 0 spiro atoms. The fourth-order valence-corrected chi connectivity index (χ4v) is 2.09. The van der Waals surface area contributed by atoms with Crippen LogP contribution in [-0.4, -0.2) is 26.1 Å². The van der Waals surface area contributed by atoms with Crippen LogP contribution in [0.15, 0.2) is 6.20 Å². The summed E-state index contributed by atoms with van der Waals surface area (Å²) in [5.74, 6) is 0.279. The highest BCUT2D eigenvalue weighted by molar-refractivity contribution is 7.15. The van der Waals surface area contributed by atoms with Crippen molar-refractivity contribution in [2.45, 2.75) is 26.7 Å². The Hall–Kier alpha value is -1.60. The van der Waals surface area contributed by atoms with E-state index in [0.717, 1.165) is 5.01 Å². The molecule has 1 amide bonds. The van der Waals surface area contributed by atoms with Gasteiger partial charge in [-0.1, -0.05) is 36.8 Å². The highest BCUT2D eigenvalue weighted by atomic mass is 35.5. The molecule has 0 unspecified atom stereocenters. The van der Waals surface area contributed by atoms with Crippen molar-refractivity contribution in [3.05, 3.63) is 27.7 Å². The predicted octanol–water partition coefficient (Wildman–Crippen LogP) is 2.67. The van der Waals surface area contributed by atoms with Crippen LogP contribution < -0.4 is 5.32 Å². The summed E-state index contributed by atoms with van der Waals surface area (Å²) in [6.45, 7) is 5.69. The lowest BCUT2D eigenvalue weighted by molar-refractivity contribution is 0.102. The van der Waals surface area contributed by atoms with Gasteiger partial charge in [-0.3, -0.25) is 10.1 Å². The Morgan fingerprint density at radius 1 is 1.42 bits per heavy atom. The van der Waals surface area contributed by atoms with Crippen LogP contribution >= 0.6 is 22.9 Å². The van der Waals surface area contributed by atoms with Crippen LogP contribution in [0.25, 0.3) is 0 Å². The van der Waals surface area contributed by atoms with E-state index >= 15 is 0 Å². The third-order valence-electron chi connectivity index (χ3n) is 2.24. The fraction of sp³-hybridized carbons (Fsp3) is 0.364. The minimum atomic E-state index is -0.412. The van der Waals surface area contributed by atoms with Gasteiger partial charge in [-0.2, -0.15) is 0 Å². The first-order valence-electron chi connectivity index (χ1n) is 5.61. The van der Waals surface area contributed by atoms with Crippen LogP contribution in [-0.2, 0) is 0 Å². The van der Waals surface area contributed by atoms with Crippen LogP contribution in [0.3, 0.4) is 0 Å². The van der Waals surface area contributed by atoms with Gasteiger partial charge in [-0.25, -0.2) is 9.97 Å². The van der Waals surface area contributed by atoms with E-state index < -0.39 is 5.91 Å². The molecule has 0 fully saturated rings. The Balaban J connectivity index is 2.25. The first-order chi connectivity index (χ1) is 8.97. The molecule has 100 valence electrons. The molecule has 0 radical (unpaired) electrons. The number of carbonyl (C=O) groups is 1. The summed E-state index contributed by atoms with van der Waals surface area (Å²) in [5.41, 5.74) is 0.146.